The number of alkyl halides is 3. The van der Waals surface area contributed by atoms with Crippen LogP contribution in [0.15, 0.2) is 46.0 Å². The number of aromatic nitrogens is 2. The maximum absolute atomic E-state index is 13.6. The maximum Gasteiger partial charge on any atom is 0.416 e. The molecule has 0 saturated carbocycles. The van der Waals surface area contributed by atoms with Crippen LogP contribution in [-0.2, 0) is 12.7 Å². The Balaban J connectivity index is 2.07. The van der Waals surface area contributed by atoms with Gasteiger partial charge in [0.25, 0.3) is 5.56 Å². The highest BCUT2D eigenvalue weighted by atomic mass is 32.1. The van der Waals surface area contributed by atoms with Gasteiger partial charge in [-0.15, -0.1) is 11.3 Å². The molecule has 4 aromatic rings. The Bertz CT molecular complexity index is 1500. The zero-order valence-electron chi connectivity index (χ0n) is 18.9. The summed E-state index contributed by atoms with van der Waals surface area (Å²) in [5.41, 5.74) is 2.51. The van der Waals surface area contributed by atoms with Gasteiger partial charge >= 0.3 is 11.9 Å². The van der Waals surface area contributed by atoms with Crippen LogP contribution in [0.2, 0.25) is 0 Å². The van der Waals surface area contributed by atoms with Gasteiger partial charge in [-0.2, -0.15) is 13.2 Å². The second kappa shape index (κ2) is 8.02. The Hall–Kier alpha value is -3.13. The molecule has 0 N–H and O–H groups in total. The van der Waals surface area contributed by atoms with Gasteiger partial charge in [0.05, 0.1) is 23.2 Å². The van der Waals surface area contributed by atoms with E-state index in [0.717, 1.165) is 49.4 Å². The smallest absolute Gasteiger partial charge is 0.279 e. The molecule has 0 radical (unpaired) electrons. The molecule has 0 aliphatic rings. The molecule has 0 bridgehead atoms. The second-order valence-electron chi connectivity index (χ2n) is 8.40. The van der Waals surface area contributed by atoms with Crippen molar-refractivity contribution in [1.82, 2.24) is 9.13 Å². The number of halogens is 3. The van der Waals surface area contributed by atoms with Crippen molar-refractivity contribution in [3.8, 4) is 5.69 Å². The Labute approximate surface area is 192 Å². The lowest BCUT2D eigenvalue weighted by atomic mass is 10.00. The van der Waals surface area contributed by atoms with Crippen LogP contribution in [0, 0.1) is 34.6 Å². The topological polar surface area (TPSA) is 44.0 Å². The maximum atomic E-state index is 13.6. The van der Waals surface area contributed by atoms with Crippen LogP contribution in [0.3, 0.4) is 0 Å². The van der Waals surface area contributed by atoms with E-state index in [9.17, 15) is 22.8 Å². The van der Waals surface area contributed by atoms with Crippen LogP contribution >= 0.6 is 11.3 Å². The molecule has 0 saturated heterocycles. The van der Waals surface area contributed by atoms with Crippen LogP contribution in [0.1, 0.15) is 38.3 Å². The summed E-state index contributed by atoms with van der Waals surface area (Å²) in [5, 5.41) is 0.358. The summed E-state index contributed by atoms with van der Waals surface area (Å²) in [5.74, 6) is 0. The molecule has 0 atom stereocenters. The quantitative estimate of drug-likeness (QED) is 0.377. The summed E-state index contributed by atoms with van der Waals surface area (Å²) in [6.07, 6.45) is -4.59. The molecule has 4 rings (SSSR count). The third-order valence-corrected chi connectivity index (χ3v) is 7.27. The zero-order chi connectivity index (χ0) is 24.2. The standard InChI is InChI=1S/C25H23F3N2O2S/c1-13-9-14(2)20(15(3)10-13)12-29-23-21(16(4)17(5)33-23)22(31)30(24(29)32)19-8-6-7-18(11-19)25(26,27)28/h6-11H,12H2,1-5H3. The van der Waals surface area contributed by atoms with Crippen molar-refractivity contribution in [2.75, 3.05) is 0 Å². The molecular formula is C25H23F3N2O2S. The van der Waals surface area contributed by atoms with Crippen molar-refractivity contribution in [2.24, 2.45) is 0 Å². The Morgan fingerprint density at radius 1 is 0.939 bits per heavy atom. The molecule has 2 heterocycles. The van der Waals surface area contributed by atoms with E-state index in [4.69, 9.17) is 0 Å². The minimum atomic E-state index is -4.59. The van der Waals surface area contributed by atoms with E-state index in [1.165, 1.54) is 28.0 Å². The van der Waals surface area contributed by atoms with E-state index >= 15 is 0 Å². The molecule has 0 spiro atoms. The predicted octanol–water partition coefficient (Wildman–Crippen LogP) is 5.82. The van der Waals surface area contributed by atoms with Crippen LogP contribution in [0.25, 0.3) is 15.9 Å². The summed E-state index contributed by atoms with van der Waals surface area (Å²) in [7, 11) is 0. The summed E-state index contributed by atoms with van der Waals surface area (Å²) in [4.78, 5) is 28.4. The fourth-order valence-electron chi connectivity index (χ4n) is 4.26. The first kappa shape index (κ1) is 23.0. The van der Waals surface area contributed by atoms with Gasteiger partial charge < -0.3 is 0 Å². The van der Waals surface area contributed by atoms with Crippen molar-refractivity contribution in [3.63, 3.8) is 0 Å². The molecule has 2 aromatic carbocycles. The van der Waals surface area contributed by atoms with E-state index in [1.807, 2.05) is 39.8 Å². The van der Waals surface area contributed by atoms with Crippen LogP contribution in [-0.4, -0.2) is 9.13 Å². The largest absolute Gasteiger partial charge is 0.416 e. The van der Waals surface area contributed by atoms with Crippen molar-refractivity contribution < 1.29 is 13.2 Å². The van der Waals surface area contributed by atoms with Crippen LogP contribution in [0.5, 0.6) is 0 Å². The summed E-state index contributed by atoms with van der Waals surface area (Å²) in [6, 6.07) is 8.38. The van der Waals surface area contributed by atoms with E-state index in [-0.39, 0.29) is 12.2 Å². The molecule has 0 unspecified atom stereocenters. The van der Waals surface area contributed by atoms with Gasteiger partial charge in [-0.05, 0) is 75.1 Å². The lowest BCUT2D eigenvalue weighted by Crippen LogP contribution is -2.39. The molecule has 172 valence electrons. The Morgan fingerprint density at radius 3 is 2.18 bits per heavy atom. The first-order valence-electron chi connectivity index (χ1n) is 10.4. The fraction of sp³-hybridized carbons (Fsp3) is 0.280. The molecule has 0 amide bonds. The summed E-state index contributed by atoms with van der Waals surface area (Å²) < 4.78 is 42.3. The van der Waals surface area contributed by atoms with E-state index in [1.54, 1.807) is 6.92 Å². The van der Waals surface area contributed by atoms with Crippen LogP contribution in [0.4, 0.5) is 13.2 Å². The van der Waals surface area contributed by atoms with Gasteiger partial charge in [0, 0.05) is 4.88 Å². The predicted molar refractivity (Wildman–Crippen MR) is 126 cm³/mol. The number of aryl methyl sites for hydroxylation is 5. The number of fused-ring (bicyclic) bond motifs is 1. The molecule has 2 aromatic heterocycles. The van der Waals surface area contributed by atoms with Crippen molar-refractivity contribution in [2.45, 2.75) is 47.3 Å². The molecule has 0 aliphatic carbocycles. The van der Waals surface area contributed by atoms with Gasteiger partial charge in [0.1, 0.15) is 4.83 Å². The molecule has 0 fully saturated rings. The first-order chi connectivity index (χ1) is 15.4. The fourth-order valence-corrected chi connectivity index (χ4v) is 5.40. The van der Waals surface area contributed by atoms with Gasteiger partial charge in [-0.3, -0.25) is 9.36 Å². The normalized spacial score (nSPS) is 12.0. The number of nitrogens with zero attached hydrogens (tertiary/aromatic N) is 2. The third-order valence-electron chi connectivity index (χ3n) is 6.04. The average molecular weight is 473 g/mol. The number of benzene rings is 2. The van der Waals surface area contributed by atoms with Crippen LogP contribution < -0.4 is 11.2 Å². The molecule has 33 heavy (non-hydrogen) atoms. The van der Waals surface area contributed by atoms with Crippen molar-refractivity contribution in [1.29, 1.82) is 0 Å². The minimum absolute atomic E-state index is 0.101. The molecule has 8 heteroatoms. The Morgan fingerprint density at radius 2 is 1.58 bits per heavy atom. The monoisotopic (exact) mass is 472 g/mol. The van der Waals surface area contributed by atoms with E-state index in [2.05, 4.69) is 0 Å². The molecule has 4 nitrogen and oxygen atoms in total. The lowest BCUT2D eigenvalue weighted by Gasteiger charge is -2.16. The van der Waals surface area contributed by atoms with Gasteiger partial charge in [0.15, 0.2) is 0 Å². The third kappa shape index (κ3) is 3.93. The number of hydrogen-bond acceptors (Lipinski definition) is 3. The van der Waals surface area contributed by atoms with E-state index < -0.39 is 23.0 Å². The number of rotatable bonds is 3. The Kier molecular flexibility index (Phi) is 5.60. The summed E-state index contributed by atoms with van der Waals surface area (Å²) in [6.45, 7) is 9.80. The number of hydrogen-bond donors (Lipinski definition) is 0. The highest BCUT2D eigenvalue weighted by Gasteiger charge is 2.31. The lowest BCUT2D eigenvalue weighted by molar-refractivity contribution is -0.137. The highest BCUT2D eigenvalue weighted by Crippen LogP contribution is 2.31. The van der Waals surface area contributed by atoms with E-state index in [0.29, 0.717) is 10.2 Å². The molecule has 0 aliphatic heterocycles. The van der Waals surface area contributed by atoms with Gasteiger partial charge in [-0.25, -0.2) is 9.36 Å². The van der Waals surface area contributed by atoms with Gasteiger partial charge in [-0.1, -0.05) is 23.8 Å². The molecular weight excluding hydrogens is 449 g/mol. The SMILES string of the molecule is Cc1cc(C)c(Cn2c(=O)n(-c3cccc(C(F)(F)F)c3)c(=O)c3c(C)c(C)sc32)c(C)c1. The first-order valence-corrected chi connectivity index (χ1v) is 11.2. The van der Waals surface area contributed by atoms with Crippen molar-refractivity contribution in [3.05, 3.63) is 95.5 Å². The van der Waals surface area contributed by atoms with Gasteiger partial charge in [0.2, 0.25) is 0 Å². The second-order valence-corrected chi connectivity index (χ2v) is 9.60. The highest BCUT2D eigenvalue weighted by molar-refractivity contribution is 7.18. The average Bonchev–Trinajstić information content (AvgIpc) is 3.01. The number of thiophene rings is 1. The zero-order valence-corrected chi connectivity index (χ0v) is 19.7. The summed E-state index contributed by atoms with van der Waals surface area (Å²) >= 11 is 1.35. The minimum Gasteiger partial charge on any atom is -0.279 e. The van der Waals surface area contributed by atoms with Crippen molar-refractivity contribution >= 4 is 21.6 Å².